The smallest absolute Gasteiger partial charge is 0.0629 e. The number of rotatable bonds is 0. The van der Waals surface area contributed by atoms with Crippen molar-refractivity contribution in [3.05, 3.63) is 0 Å². The predicted octanol–water partition coefficient (Wildman–Crippen LogP) is 2.46. The fourth-order valence-corrected chi connectivity index (χ4v) is 1.56. The Balaban J connectivity index is 2.49. The molecule has 10 heavy (non-hydrogen) atoms. The summed E-state index contributed by atoms with van der Waals surface area (Å²) in [5.74, 6) is 1.57. The molecule has 1 fully saturated rings. The van der Waals surface area contributed by atoms with Crippen molar-refractivity contribution in [3.8, 4) is 0 Å². The second-order valence-electron chi connectivity index (χ2n) is 4.23. The van der Waals surface area contributed by atoms with E-state index in [4.69, 9.17) is 4.74 Å². The summed E-state index contributed by atoms with van der Waals surface area (Å²) in [6, 6.07) is 0. The van der Waals surface area contributed by atoms with Gasteiger partial charge in [-0.1, -0.05) is 13.8 Å². The topological polar surface area (TPSA) is 9.23 Å². The van der Waals surface area contributed by atoms with Gasteiger partial charge in [0.2, 0.25) is 0 Å². The van der Waals surface area contributed by atoms with E-state index in [-0.39, 0.29) is 5.60 Å². The maximum absolute atomic E-state index is 5.65. The van der Waals surface area contributed by atoms with E-state index in [9.17, 15) is 0 Å². The fraction of sp³-hybridized carbons (Fsp3) is 1.00. The van der Waals surface area contributed by atoms with Gasteiger partial charge in [0, 0.05) is 0 Å². The third-order valence-corrected chi connectivity index (χ3v) is 2.52. The largest absolute Gasteiger partial charge is 0.375 e. The van der Waals surface area contributed by atoms with Crippen LogP contribution in [0, 0.1) is 11.8 Å². The highest BCUT2D eigenvalue weighted by Gasteiger charge is 2.30. The van der Waals surface area contributed by atoms with E-state index < -0.39 is 0 Å². The lowest BCUT2D eigenvalue weighted by atomic mass is 9.83. The normalized spacial score (nSPS) is 39.6. The lowest BCUT2D eigenvalue weighted by molar-refractivity contribution is -0.0944. The Morgan fingerprint density at radius 3 is 2.20 bits per heavy atom. The van der Waals surface area contributed by atoms with Gasteiger partial charge < -0.3 is 4.74 Å². The van der Waals surface area contributed by atoms with Gasteiger partial charge in [0.05, 0.1) is 12.2 Å². The second kappa shape index (κ2) is 2.54. The lowest BCUT2D eigenvalue weighted by Gasteiger charge is -2.37. The first kappa shape index (κ1) is 8.06. The molecule has 1 heterocycles. The SMILES string of the molecule is C[C@@H]1CC(C)(C)OC[C@@H]1C. The van der Waals surface area contributed by atoms with Gasteiger partial charge in [-0.25, -0.2) is 0 Å². The average molecular weight is 142 g/mol. The van der Waals surface area contributed by atoms with E-state index in [2.05, 4.69) is 27.7 Å². The first-order valence-electron chi connectivity index (χ1n) is 4.15. The Morgan fingerprint density at radius 1 is 1.20 bits per heavy atom. The van der Waals surface area contributed by atoms with Gasteiger partial charge in [0.15, 0.2) is 0 Å². The van der Waals surface area contributed by atoms with Crippen LogP contribution in [0.4, 0.5) is 0 Å². The lowest BCUT2D eigenvalue weighted by Crippen LogP contribution is -2.37. The van der Waals surface area contributed by atoms with Crippen LogP contribution in [-0.4, -0.2) is 12.2 Å². The second-order valence-corrected chi connectivity index (χ2v) is 4.23. The number of hydrogen-bond donors (Lipinski definition) is 0. The van der Waals surface area contributed by atoms with E-state index in [1.54, 1.807) is 0 Å². The standard InChI is InChI=1S/C9H18O/c1-7-5-9(3,4)10-6-8(7)2/h7-8H,5-6H2,1-4H3/t7-,8+/m1/s1. The molecule has 1 saturated heterocycles. The molecule has 0 aromatic heterocycles. The van der Waals surface area contributed by atoms with E-state index in [1.807, 2.05) is 0 Å². The van der Waals surface area contributed by atoms with E-state index in [1.165, 1.54) is 6.42 Å². The van der Waals surface area contributed by atoms with Crippen molar-refractivity contribution < 1.29 is 4.74 Å². The molecule has 0 aromatic rings. The molecular formula is C9H18O. The van der Waals surface area contributed by atoms with Crippen molar-refractivity contribution in [1.82, 2.24) is 0 Å². The minimum atomic E-state index is 0.131. The van der Waals surface area contributed by atoms with Gasteiger partial charge in [-0.2, -0.15) is 0 Å². The van der Waals surface area contributed by atoms with Crippen LogP contribution in [0.1, 0.15) is 34.1 Å². The summed E-state index contributed by atoms with van der Waals surface area (Å²) in [5.41, 5.74) is 0.131. The zero-order chi connectivity index (χ0) is 7.78. The molecule has 0 N–H and O–H groups in total. The van der Waals surface area contributed by atoms with Gasteiger partial charge in [0.25, 0.3) is 0 Å². The number of ether oxygens (including phenoxy) is 1. The molecular weight excluding hydrogens is 124 g/mol. The van der Waals surface area contributed by atoms with Crippen LogP contribution in [0.25, 0.3) is 0 Å². The summed E-state index contributed by atoms with van der Waals surface area (Å²) in [4.78, 5) is 0. The van der Waals surface area contributed by atoms with Crippen LogP contribution in [0.5, 0.6) is 0 Å². The van der Waals surface area contributed by atoms with E-state index in [0.717, 1.165) is 18.4 Å². The van der Waals surface area contributed by atoms with Crippen molar-refractivity contribution in [2.24, 2.45) is 11.8 Å². The highest BCUT2D eigenvalue weighted by atomic mass is 16.5. The molecule has 0 aliphatic carbocycles. The Bertz CT molecular complexity index is 118. The maximum atomic E-state index is 5.65. The van der Waals surface area contributed by atoms with Gasteiger partial charge in [-0.15, -0.1) is 0 Å². The molecule has 1 aliphatic rings. The molecule has 0 saturated carbocycles. The molecule has 0 unspecified atom stereocenters. The molecule has 0 bridgehead atoms. The van der Waals surface area contributed by atoms with Gasteiger partial charge in [-0.3, -0.25) is 0 Å². The Hall–Kier alpha value is -0.0400. The van der Waals surface area contributed by atoms with Crippen LogP contribution >= 0.6 is 0 Å². The summed E-state index contributed by atoms with van der Waals surface area (Å²) in [5, 5.41) is 0. The van der Waals surface area contributed by atoms with Crippen LogP contribution in [-0.2, 0) is 4.74 Å². The maximum Gasteiger partial charge on any atom is 0.0629 e. The van der Waals surface area contributed by atoms with Gasteiger partial charge in [-0.05, 0) is 32.1 Å². The van der Waals surface area contributed by atoms with Gasteiger partial charge in [0.1, 0.15) is 0 Å². The van der Waals surface area contributed by atoms with Crippen LogP contribution in [0.3, 0.4) is 0 Å². The summed E-state index contributed by atoms with van der Waals surface area (Å²) < 4.78 is 5.65. The summed E-state index contributed by atoms with van der Waals surface area (Å²) in [7, 11) is 0. The van der Waals surface area contributed by atoms with Crippen molar-refractivity contribution >= 4 is 0 Å². The molecule has 2 atom stereocenters. The van der Waals surface area contributed by atoms with Crippen molar-refractivity contribution in [2.75, 3.05) is 6.61 Å². The molecule has 0 amide bonds. The molecule has 1 rings (SSSR count). The highest BCUT2D eigenvalue weighted by Crippen LogP contribution is 2.31. The molecule has 0 aromatic carbocycles. The first-order valence-corrected chi connectivity index (χ1v) is 4.15. The Labute approximate surface area is 63.8 Å². The van der Waals surface area contributed by atoms with Crippen LogP contribution < -0.4 is 0 Å². The summed E-state index contributed by atoms with van der Waals surface area (Å²) in [6.07, 6.45) is 1.20. The molecule has 1 aliphatic heterocycles. The zero-order valence-corrected chi connectivity index (χ0v) is 7.48. The Morgan fingerprint density at radius 2 is 1.80 bits per heavy atom. The van der Waals surface area contributed by atoms with Crippen molar-refractivity contribution in [1.29, 1.82) is 0 Å². The third-order valence-electron chi connectivity index (χ3n) is 2.52. The Kier molecular flexibility index (Phi) is 2.04. The minimum Gasteiger partial charge on any atom is -0.375 e. The molecule has 0 spiro atoms. The highest BCUT2D eigenvalue weighted by molar-refractivity contribution is 4.79. The first-order chi connectivity index (χ1) is 4.51. The number of hydrogen-bond acceptors (Lipinski definition) is 1. The quantitative estimate of drug-likeness (QED) is 0.505. The van der Waals surface area contributed by atoms with Crippen molar-refractivity contribution in [3.63, 3.8) is 0 Å². The molecule has 60 valence electrons. The average Bonchev–Trinajstić information content (AvgIpc) is 1.79. The predicted molar refractivity (Wildman–Crippen MR) is 43.0 cm³/mol. The minimum absolute atomic E-state index is 0.131. The van der Waals surface area contributed by atoms with E-state index in [0.29, 0.717) is 0 Å². The summed E-state index contributed by atoms with van der Waals surface area (Å²) >= 11 is 0. The van der Waals surface area contributed by atoms with Crippen LogP contribution in [0.15, 0.2) is 0 Å². The van der Waals surface area contributed by atoms with E-state index >= 15 is 0 Å². The van der Waals surface area contributed by atoms with Gasteiger partial charge >= 0.3 is 0 Å². The summed E-state index contributed by atoms with van der Waals surface area (Å²) in [6.45, 7) is 9.87. The van der Waals surface area contributed by atoms with Crippen molar-refractivity contribution in [2.45, 2.75) is 39.7 Å². The molecule has 0 radical (unpaired) electrons. The molecule has 1 heteroatoms. The molecule has 1 nitrogen and oxygen atoms in total. The fourth-order valence-electron chi connectivity index (χ4n) is 1.56. The third kappa shape index (κ3) is 1.72. The zero-order valence-electron chi connectivity index (χ0n) is 7.48. The van der Waals surface area contributed by atoms with Crippen LogP contribution in [0.2, 0.25) is 0 Å². The monoisotopic (exact) mass is 142 g/mol.